The fourth-order valence-electron chi connectivity index (χ4n) is 3.81. The molecular weight excluding hydrogens is 358 g/mol. The molecule has 1 atom stereocenters. The van der Waals surface area contributed by atoms with Crippen LogP contribution in [0.4, 0.5) is 11.4 Å². The maximum atomic E-state index is 12.3. The molecule has 1 saturated carbocycles. The number of pyridine rings is 1. The molecule has 2 aromatic rings. The van der Waals surface area contributed by atoms with Gasteiger partial charge in [0.1, 0.15) is 0 Å². The summed E-state index contributed by atoms with van der Waals surface area (Å²) >= 11 is 0. The highest BCUT2D eigenvalue weighted by atomic mass is 16.6. The van der Waals surface area contributed by atoms with Gasteiger partial charge in [-0.25, -0.2) is 4.98 Å². The molecule has 1 aromatic heterocycles. The number of aryl methyl sites for hydroxylation is 1. The number of benzene rings is 1. The molecule has 2 fully saturated rings. The average molecular weight is 383 g/mol. The Bertz CT molecular complexity index is 919. The number of nitro benzene ring substituents is 1. The second-order valence-electron chi connectivity index (χ2n) is 7.70. The summed E-state index contributed by atoms with van der Waals surface area (Å²) in [4.78, 5) is 32.2. The zero-order chi connectivity index (χ0) is 19.8. The number of nitro groups is 1. The van der Waals surface area contributed by atoms with Crippen LogP contribution in [-0.2, 0) is 4.79 Å². The molecule has 1 aliphatic carbocycles. The minimum Gasteiger partial charge on any atom is -0.368 e. The van der Waals surface area contributed by atoms with Crippen molar-refractivity contribution in [2.45, 2.75) is 38.8 Å². The van der Waals surface area contributed by atoms with Crippen LogP contribution in [0.1, 0.15) is 25.5 Å². The average Bonchev–Trinajstić information content (AvgIpc) is 3.50. The van der Waals surface area contributed by atoms with Crippen molar-refractivity contribution < 1.29 is 9.72 Å². The van der Waals surface area contributed by atoms with Gasteiger partial charge in [-0.2, -0.15) is 0 Å². The van der Waals surface area contributed by atoms with Crippen molar-refractivity contribution in [3.8, 4) is 0 Å². The summed E-state index contributed by atoms with van der Waals surface area (Å²) in [5.74, 6) is 0.108. The quantitative estimate of drug-likeness (QED) is 0.629. The van der Waals surface area contributed by atoms with Crippen molar-refractivity contribution in [2.75, 3.05) is 31.1 Å². The lowest BCUT2D eigenvalue weighted by Crippen LogP contribution is -2.54. The first-order valence-corrected chi connectivity index (χ1v) is 9.78. The molecule has 2 aliphatic rings. The monoisotopic (exact) mass is 383 g/mol. The number of para-hydroxylation sites is 1. The Hall–Kier alpha value is -2.74. The number of non-ortho nitro benzene ring substituents is 1. The lowest BCUT2D eigenvalue weighted by atomic mass is 10.1. The summed E-state index contributed by atoms with van der Waals surface area (Å²) in [6.07, 6.45) is 2.18. The van der Waals surface area contributed by atoms with Gasteiger partial charge in [-0.1, -0.05) is 12.1 Å². The zero-order valence-corrected chi connectivity index (χ0v) is 16.2. The number of rotatable bonds is 5. The zero-order valence-electron chi connectivity index (χ0n) is 16.2. The minimum atomic E-state index is -0.378. The highest BCUT2D eigenvalue weighted by Crippen LogP contribution is 2.32. The number of piperazine rings is 1. The third kappa shape index (κ3) is 3.64. The van der Waals surface area contributed by atoms with Crippen LogP contribution >= 0.6 is 0 Å². The molecule has 1 aliphatic heterocycles. The number of carbonyl (C=O) groups is 1. The van der Waals surface area contributed by atoms with Crippen molar-refractivity contribution in [1.29, 1.82) is 0 Å². The van der Waals surface area contributed by atoms with E-state index < -0.39 is 0 Å². The van der Waals surface area contributed by atoms with Gasteiger partial charge >= 0.3 is 0 Å². The molecular formula is C20H25N5O3. The number of carbonyl (C=O) groups excluding carboxylic acids is 1. The van der Waals surface area contributed by atoms with E-state index in [1.54, 1.807) is 6.07 Å². The number of nitrogens with one attached hydrogen (secondary N) is 1. The minimum absolute atomic E-state index is 0.0338. The van der Waals surface area contributed by atoms with Gasteiger partial charge in [0.25, 0.3) is 5.69 Å². The molecule has 1 unspecified atom stereocenters. The summed E-state index contributed by atoms with van der Waals surface area (Å²) in [5, 5.41) is 15.3. The highest BCUT2D eigenvalue weighted by molar-refractivity contribution is 5.97. The molecule has 4 rings (SSSR count). The van der Waals surface area contributed by atoms with Crippen molar-refractivity contribution in [1.82, 2.24) is 15.2 Å². The lowest BCUT2D eigenvalue weighted by Gasteiger charge is -2.39. The Labute approximate surface area is 163 Å². The van der Waals surface area contributed by atoms with Gasteiger partial charge in [-0.05, 0) is 32.8 Å². The normalized spacial score (nSPS) is 18.9. The summed E-state index contributed by atoms with van der Waals surface area (Å²) < 4.78 is 0. The second-order valence-corrected chi connectivity index (χ2v) is 7.70. The first-order chi connectivity index (χ1) is 13.4. The van der Waals surface area contributed by atoms with Crippen LogP contribution in [0.15, 0.2) is 24.3 Å². The Morgan fingerprint density at radius 2 is 2.00 bits per heavy atom. The number of nitrogens with zero attached hydrogens (tertiary/aromatic N) is 4. The van der Waals surface area contributed by atoms with Gasteiger partial charge in [0.2, 0.25) is 5.91 Å². The predicted molar refractivity (Wildman–Crippen MR) is 108 cm³/mol. The Kier molecular flexibility index (Phi) is 4.89. The number of anilines is 1. The van der Waals surface area contributed by atoms with E-state index in [1.165, 1.54) is 6.07 Å². The van der Waals surface area contributed by atoms with Crippen molar-refractivity contribution in [2.24, 2.45) is 0 Å². The van der Waals surface area contributed by atoms with E-state index in [2.05, 4.69) is 20.1 Å². The van der Waals surface area contributed by atoms with Crippen molar-refractivity contribution in [3.05, 3.63) is 40.1 Å². The maximum Gasteiger partial charge on any atom is 0.295 e. The van der Waals surface area contributed by atoms with Crippen LogP contribution in [0.3, 0.4) is 0 Å². The standard InChI is InChI=1S/C20H25N5O3/c1-13-12-18(16-4-3-5-17(25(27)28)19(16)21-13)24-10-8-23(9-11-24)14(2)20(26)22-15-6-7-15/h3-5,12,14-15H,6-11H2,1-2H3,(H,22,26). The topological polar surface area (TPSA) is 91.6 Å². The van der Waals surface area contributed by atoms with Gasteiger partial charge < -0.3 is 10.2 Å². The van der Waals surface area contributed by atoms with Crippen LogP contribution < -0.4 is 10.2 Å². The van der Waals surface area contributed by atoms with Gasteiger partial charge in [-0.15, -0.1) is 0 Å². The molecule has 1 N–H and O–H groups in total. The third-order valence-electron chi connectivity index (χ3n) is 5.63. The highest BCUT2D eigenvalue weighted by Gasteiger charge is 2.30. The second kappa shape index (κ2) is 7.35. The predicted octanol–water partition coefficient (Wildman–Crippen LogP) is 2.24. The molecule has 0 bridgehead atoms. The Morgan fingerprint density at radius 3 is 2.64 bits per heavy atom. The summed E-state index contributed by atoms with van der Waals surface area (Å²) in [7, 11) is 0. The number of aromatic nitrogens is 1. The number of fused-ring (bicyclic) bond motifs is 1. The van der Waals surface area contributed by atoms with Crippen molar-refractivity contribution in [3.63, 3.8) is 0 Å². The number of hydrogen-bond donors (Lipinski definition) is 1. The SMILES string of the molecule is Cc1cc(N2CCN(C(C)C(=O)NC3CC3)CC2)c2cccc([N+](=O)[O-])c2n1. The van der Waals surface area contributed by atoms with Gasteiger partial charge in [0.05, 0.1) is 11.0 Å². The summed E-state index contributed by atoms with van der Waals surface area (Å²) in [6.45, 7) is 6.90. The van der Waals surface area contributed by atoms with Crippen LogP contribution in [0.2, 0.25) is 0 Å². The maximum absolute atomic E-state index is 12.3. The summed E-state index contributed by atoms with van der Waals surface area (Å²) in [5.41, 5.74) is 2.20. The first kappa shape index (κ1) is 18.6. The molecule has 1 aromatic carbocycles. The van der Waals surface area contributed by atoms with E-state index in [1.807, 2.05) is 26.0 Å². The molecule has 0 spiro atoms. The largest absolute Gasteiger partial charge is 0.368 e. The molecule has 8 nitrogen and oxygen atoms in total. The number of hydrogen-bond acceptors (Lipinski definition) is 6. The van der Waals surface area contributed by atoms with Gasteiger partial charge in [-0.3, -0.25) is 19.8 Å². The molecule has 2 heterocycles. The fourth-order valence-corrected chi connectivity index (χ4v) is 3.81. The van der Waals surface area contributed by atoms with E-state index in [-0.39, 0.29) is 22.6 Å². The molecule has 0 radical (unpaired) electrons. The van der Waals surface area contributed by atoms with Crippen LogP contribution in [0.25, 0.3) is 10.9 Å². The molecule has 1 saturated heterocycles. The van der Waals surface area contributed by atoms with Crippen LogP contribution in [0, 0.1) is 17.0 Å². The first-order valence-electron chi connectivity index (χ1n) is 9.78. The molecule has 28 heavy (non-hydrogen) atoms. The Balaban J connectivity index is 1.53. The van der Waals surface area contributed by atoms with Gasteiger partial charge in [0, 0.05) is 55.1 Å². The van der Waals surface area contributed by atoms with E-state index in [0.717, 1.165) is 55.8 Å². The molecule has 1 amide bonds. The lowest BCUT2D eigenvalue weighted by molar-refractivity contribution is -0.383. The molecule has 8 heteroatoms. The van der Waals surface area contributed by atoms with Gasteiger partial charge in [0.15, 0.2) is 5.52 Å². The third-order valence-corrected chi connectivity index (χ3v) is 5.63. The summed E-state index contributed by atoms with van der Waals surface area (Å²) in [6, 6.07) is 7.32. The van der Waals surface area contributed by atoms with Crippen molar-refractivity contribution >= 4 is 28.2 Å². The fraction of sp³-hybridized carbons (Fsp3) is 0.500. The van der Waals surface area contributed by atoms with E-state index in [0.29, 0.717) is 11.6 Å². The van der Waals surface area contributed by atoms with Crippen LogP contribution in [-0.4, -0.2) is 59.0 Å². The van der Waals surface area contributed by atoms with E-state index in [9.17, 15) is 14.9 Å². The number of amides is 1. The van der Waals surface area contributed by atoms with E-state index >= 15 is 0 Å². The molecule has 148 valence electrons. The Morgan fingerprint density at radius 1 is 1.29 bits per heavy atom. The van der Waals surface area contributed by atoms with E-state index in [4.69, 9.17) is 0 Å². The van der Waals surface area contributed by atoms with Crippen LogP contribution in [0.5, 0.6) is 0 Å². The smallest absolute Gasteiger partial charge is 0.295 e.